The summed E-state index contributed by atoms with van der Waals surface area (Å²) in [7, 11) is 0. The van der Waals surface area contributed by atoms with E-state index in [1.807, 2.05) is 6.20 Å². The van der Waals surface area contributed by atoms with E-state index in [1.165, 1.54) is 45.1 Å². The number of carbonyl (C=O) groups is 1. The summed E-state index contributed by atoms with van der Waals surface area (Å²) in [6.45, 7) is 7.06. The Morgan fingerprint density at radius 1 is 1.06 bits per heavy atom. The van der Waals surface area contributed by atoms with Crippen LogP contribution in [0.1, 0.15) is 25.0 Å². The molecule has 0 fully saturated rings. The Kier molecular flexibility index (Phi) is 9.15. The average Bonchev–Trinajstić information content (AvgIpc) is 3.11. The van der Waals surface area contributed by atoms with Gasteiger partial charge in [0.25, 0.3) is 0 Å². The van der Waals surface area contributed by atoms with Gasteiger partial charge >= 0.3 is 142 Å². The van der Waals surface area contributed by atoms with Crippen molar-refractivity contribution in [2.45, 2.75) is 27.7 Å². The van der Waals surface area contributed by atoms with Crippen LogP contribution < -0.4 is 0 Å². The van der Waals surface area contributed by atoms with Crippen molar-refractivity contribution in [2.75, 3.05) is 0 Å². The van der Waals surface area contributed by atoms with E-state index in [-0.39, 0.29) is 31.6 Å². The molecule has 161 valence electrons. The topological polar surface area (TPSA) is 50.2 Å². The van der Waals surface area contributed by atoms with Crippen molar-refractivity contribution in [3.05, 3.63) is 89.8 Å². The number of benzene rings is 2. The number of aliphatic hydroxyl groups excluding tert-OH is 1. The minimum absolute atomic E-state index is 0. The van der Waals surface area contributed by atoms with Gasteiger partial charge < -0.3 is 5.11 Å². The average molecular weight is 654 g/mol. The van der Waals surface area contributed by atoms with Crippen LogP contribution >= 0.6 is 0 Å². The normalized spacial score (nSPS) is 10.8. The quantitative estimate of drug-likeness (QED) is 0.126. The maximum Gasteiger partial charge on any atom is 0 e. The molecule has 0 bridgehead atoms. The summed E-state index contributed by atoms with van der Waals surface area (Å²) in [5, 5.41) is 9.62. The number of fused-ring (bicyclic) bond motifs is 1. The van der Waals surface area contributed by atoms with Gasteiger partial charge in [-0.3, -0.25) is 4.79 Å². The second-order valence-electron chi connectivity index (χ2n) is 7.23. The molecular weight excluding hydrogens is 629 g/mol. The Labute approximate surface area is 203 Å². The zero-order chi connectivity index (χ0) is 21.7. The van der Waals surface area contributed by atoms with Crippen molar-refractivity contribution in [1.82, 2.24) is 4.98 Å². The van der Waals surface area contributed by atoms with Gasteiger partial charge in [0.2, 0.25) is 0 Å². The third-order valence-corrected chi connectivity index (χ3v) is 6.70. The first-order valence-corrected chi connectivity index (χ1v) is 11.4. The summed E-state index contributed by atoms with van der Waals surface area (Å²) in [5.74, 6) is -0.0625. The van der Waals surface area contributed by atoms with Gasteiger partial charge in [0, 0.05) is 26.2 Å². The molecule has 0 amide bonds. The van der Waals surface area contributed by atoms with Gasteiger partial charge in [-0.1, -0.05) is 0 Å². The standard InChI is InChI=1S/C21H16NSe.C5H8O2.Ir/c1-14-8-15(2)10-17(9-14)19-12-21-18(13-22-19)11-20(23-21)16-6-4-3-5-7-16;1-4(6)3-5(2)7;/h3-9,11-13H,1-2H3;3,6H,1-2H3;/q-1;;/b;4-3-;. The number of rotatable bonds is 3. The van der Waals surface area contributed by atoms with Gasteiger partial charge in [-0.15, -0.1) is 0 Å². The molecule has 0 aliphatic carbocycles. The van der Waals surface area contributed by atoms with Gasteiger partial charge in [-0.2, -0.15) is 0 Å². The minimum Gasteiger partial charge on any atom is 0 e. The number of allylic oxidation sites excluding steroid dienone is 2. The predicted octanol–water partition coefficient (Wildman–Crippen LogP) is 6.08. The Hall–Kier alpha value is -2.29. The van der Waals surface area contributed by atoms with Crippen molar-refractivity contribution >= 4 is 29.9 Å². The molecule has 3 nitrogen and oxygen atoms in total. The third-order valence-electron chi connectivity index (χ3n) is 4.30. The number of aryl methyl sites for hydroxylation is 2. The van der Waals surface area contributed by atoms with Crippen LogP contribution in [0.2, 0.25) is 0 Å². The molecule has 2 heterocycles. The van der Waals surface area contributed by atoms with Crippen molar-refractivity contribution in [2.24, 2.45) is 0 Å². The largest absolute Gasteiger partial charge is 0 e. The third kappa shape index (κ3) is 7.12. The molecule has 4 rings (SSSR count). The number of aliphatic hydroxyl groups is 1. The number of hydrogen-bond donors (Lipinski definition) is 1. The summed E-state index contributed by atoms with van der Waals surface area (Å²) in [4.78, 5) is 14.7. The molecular formula is C26H24IrNO2Se-. The van der Waals surface area contributed by atoms with Gasteiger partial charge in [-0.25, -0.2) is 0 Å². The molecule has 31 heavy (non-hydrogen) atoms. The second kappa shape index (κ2) is 11.4. The first kappa shape index (κ1) is 25.0. The van der Waals surface area contributed by atoms with E-state index in [0.29, 0.717) is 14.5 Å². The number of ketones is 1. The zero-order valence-corrected chi connectivity index (χ0v) is 22.0. The van der Waals surface area contributed by atoms with Crippen molar-refractivity contribution < 1.29 is 30.0 Å². The van der Waals surface area contributed by atoms with Crippen LogP contribution in [-0.2, 0) is 24.9 Å². The summed E-state index contributed by atoms with van der Waals surface area (Å²) in [5.41, 5.74) is 5.86. The number of pyridine rings is 1. The fraction of sp³-hybridized carbons (Fsp3) is 0.154. The molecule has 2 aromatic carbocycles. The first-order valence-electron chi connectivity index (χ1n) is 9.65. The molecule has 0 aliphatic heterocycles. The number of nitrogens with zero attached hydrogens (tertiary/aromatic N) is 1. The zero-order valence-electron chi connectivity index (χ0n) is 17.9. The first-order chi connectivity index (χ1) is 14.3. The van der Waals surface area contributed by atoms with Crippen LogP contribution in [0, 0.1) is 19.9 Å². The maximum absolute atomic E-state index is 10.0. The summed E-state index contributed by atoms with van der Waals surface area (Å²) in [6.07, 6.45) is 3.17. The molecule has 0 atom stereocenters. The molecule has 1 N–H and O–H groups in total. The molecule has 0 aliphatic rings. The van der Waals surface area contributed by atoms with E-state index in [2.05, 4.69) is 79.5 Å². The van der Waals surface area contributed by atoms with E-state index in [4.69, 9.17) is 5.11 Å². The van der Waals surface area contributed by atoms with Crippen LogP contribution in [0.5, 0.6) is 0 Å². The van der Waals surface area contributed by atoms with E-state index in [1.54, 1.807) is 0 Å². The molecule has 0 saturated carbocycles. The summed E-state index contributed by atoms with van der Waals surface area (Å²) in [6, 6.07) is 22.9. The van der Waals surface area contributed by atoms with E-state index in [9.17, 15) is 4.79 Å². The number of carbonyl (C=O) groups excluding carboxylic acids is 1. The second-order valence-corrected chi connectivity index (χ2v) is 9.51. The molecule has 0 saturated heterocycles. The Morgan fingerprint density at radius 2 is 1.77 bits per heavy atom. The Balaban J connectivity index is 0.000000373. The van der Waals surface area contributed by atoms with Gasteiger partial charge in [0.1, 0.15) is 0 Å². The smallest absolute Gasteiger partial charge is 0 e. The van der Waals surface area contributed by atoms with E-state index in [0.717, 1.165) is 16.8 Å². The van der Waals surface area contributed by atoms with Crippen LogP contribution in [0.15, 0.2) is 72.6 Å². The Bertz CT molecular complexity index is 1190. The van der Waals surface area contributed by atoms with Crippen LogP contribution in [0.25, 0.3) is 30.9 Å². The summed E-state index contributed by atoms with van der Waals surface area (Å²) >= 11 is 0.341. The molecule has 4 aromatic rings. The number of aromatic nitrogens is 1. The molecule has 1 radical (unpaired) electrons. The fourth-order valence-corrected chi connectivity index (χ4v) is 5.41. The minimum atomic E-state index is -0.125. The number of hydrogen-bond acceptors (Lipinski definition) is 3. The SMILES string of the molecule is CC(=O)/C=C(/C)O.Cc1[c-]c(-c2cc3[se]c(-c4ccccc4)cc3cn2)cc(C)c1.[Ir]. The molecule has 0 unspecified atom stereocenters. The van der Waals surface area contributed by atoms with Crippen LogP contribution in [-0.4, -0.2) is 30.4 Å². The fourth-order valence-electron chi connectivity index (χ4n) is 3.15. The summed E-state index contributed by atoms with van der Waals surface area (Å²) < 4.78 is 2.84. The molecule has 5 heteroatoms. The van der Waals surface area contributed by atoms with Crippen molar-refractivity contribution in [3.8, 4) is 21.3 Å². The van der Waals surface area contributed by atoms with Crippen molar-refractivity contribution in [3.63, 3.8) is 0 Å². The van der Waals surface area contributed by atoms with Crippen molar-refractivity contribution in [1.29, 1.82) is 0 Å². The van der Waals surface area contributed by atoms with Gasteiger partial charge in [0.15, 0.2) is 5.78 Å². The molecule has 2 aromatic heterocycles. The van der Waals surface area contributed by atoms with E-state index < -0.39 is 0 Å². The van der Waals surface area contributed by atoms with Crippen LogP contribution in [0.3, 0.4) is 0 Å². The van der Waals surface area contributed by atoms with Gasteiger partial charge in [0.05, 0.1) is 5.76 Å². The molecule has 0 spiro atoms. The maximum atomic E-state index is 10.0. The predicted molar refractivity (Wildman–Crippen MR) is 125 cm³/mol. The van der Waals surface area contributed by atoms with E-state index >= 15 is 0 Å². The van der Waals surface area contributed by atoms with Gasteiger partial charge in [-0.05, 0) is 13.8 Å². The monoisotopic (exact) mass is 655 g/mol. The Morgan fingerprint density at radius 3 is 2.35 bits per heavy atom. The van der Waals surface area contributed by atoms with Crippen LogP contribution in [0.4, 0.5) is 0 Å².